The van der Waals surface area contributed by atoms with E-state index in [1.54, 1.807) is 0 Å². The lowest BCUT2D eigenvalue weighted by Gasteiger charge is -2.15. The van der Waals surface area contributed by atoms with Gasteiger partial charge in [0, 0.05) is 25.7 Å². The topological polar surface area (TPSA) is 29.9 Å². The van der Waals surface area contributed by atoms with E-state index in [0.29, 0.717) is 6.04 Å². The molecule has 0 saturated heterocycles. The predicted molar refractivity (Wildman–Crippen MR) is 59.3 cm³/mol. The third kappa shape index (κ3) is 3.50. The van der Waals surface area contributed by atoms with Crippen molar-refractivity contribution < 1.29 is 0 Å². The molecular weight excluding hydrogens is 174 g/mol. The number of nitrogens with zero attached hydrogens (tertiary/aromatic N) is 2. The molecule has 1 aromatic heterocycles. The standard InChI is InChI=1S/C11H21N3/c1-4-6-10(12-5-2)9-11-7-8-14(3)13-11/h7-8,10,12H,4-6,9H2,1-3H3. The lowest BCUT2D eigenvalue weighted by atomic mass is 10.1. The van der Waals surface area contributed by atoms with Crippen LogP contribution in [0.4, 0.5) is 0 Å². The predicted octanol–water partition coefficient (Wildman–Crippen LogP) is 1.74. The fraction of sp³-hybridized carbons (Fsp3) is 0.727. The van der Waals surface area contributed by atoms with Crippen LogP contribution in [-0.4, -0.2) is 22.4 Å². The first kappa shape index (κ1) is 11.2. The van der Waals surface area contributed by atoms with Crippen molar-refractivity contribution in [3.63, 3.8) is 0 Å². The van der Waals surface area contributed by atoms with Gasteiger partial charge in [0.05, 0.1) is 5.69 Å². The van der Waals surface area contributed by atoms with Gasteiger partial charge in [-0.15, -0.1) is 0 Å². The van der Waals surface area contributed by atoms with Crippen molar-refractivity contribution in [1.29, 1.82) is 0 Å². The van der Waals surface area contributed by atoms with E-state index >= 15 is 0 Å². The van der Waals surface area contributed by atoms with Gasteiger partial charge >= 0.3 is 0 Å². The molecule has 0 radical (unpaired) electrons. The number of rotatable bonds is 6. The summed E-state index contributed by atoms with van der Waals surface area (Å²) in [4.78, 5) is 0. The summed E-state index contributed by atoms with van der Waals surface area (Å²) < 4.78 is 1.87. The number of aromatic nitrogens is 2. The molecule has 14 heavy (non-hydrogen) atoms. The molecule has 1 heterocycles. The summed E-state index contributed by atoms with van der Waals surface area (Å²) in [5.41, 5.74) is 1.19. The average molecular weight is 195 g/mol. The van der Waals surface area contributed by atoms with E-state index in [1.807, 2.05) is 17.9 Å². The minimum absolute atomic E-state index is 0.583. The molecule has 0 aliphatic carbocycles. The third-order valence-corrected chi connectivity index (χ3v) is 2.35. The van der Waals surface area contributed by atoms with E-state index in [9.17, 15) is 0 Å². The van der Waals surface area contributed by atoms with Crippen LogP contribution in [0.3, 0.4) is 0 Å². The van der Waals surface area contributed by atoms with Crippen LogP contribution in [-0.2, 0) is 13.5 Å². The van der Waals surface area contributed by atoms with Gasteiger partial charge in [0.1, 0.15) is 0 Å². The van der Waals surface area contributed by atoms with E-state index in [4.69, 9.17) is 0 Å². The zero-order chi connectivity index (χ0) is 10.4. The van der Waals surface area contributed by atoms with Gasteiger partial charge < -0.3 is 5.32 Å². The molecule has 3 nitrogen and oxygen atoms in total. The van der Waals surface area contributed by atoms with E-state index < -0.39 is 0 Å². The molecule has 0 fully saturated rings. The second-order valence-electron chi connectivity index (χ2n) is 3.73. The molecule has 1 aromatic rings. The normalized spacial score (nSPS) is 13.1. The Kier molecular flexibility index (Phi) is 4.66. The third-order valence-electron chi connectivity index (χ3n) is 2.35. The molecule has 0 aromatic carbocycles. The highest BCUT2D eigenvalue weighted by molar-refractivity contribution is 5.01. The maximum atomic E-state index is 4.39. The van der Waals surface area contributed by atoms with Crippen LogP contribution < -0.4 is 5.32 Å². The van der Waals surface area contributed by atoms with Crippen molar-refractivity contribution in [2.45, 2.75) is 39.2 Å². The molecule has 0 bridgehead atoms. The molecule has 0 aliphatic rings. The van der Waals surface area contributed by atoms with Crippen LogP contribution in [0.2, 0.25) is 0 Å². The lowest BCUT2D eigenvalue weighted by Crippen LogP contribution is -2.30. The summed E-state index contributed by atoms with van der Waals surface area (Å²) in [6.45, 7) is 5.42. The summed E-state index contributed by atoms with van der Waals surface area (Å²) in [5.74, 6) is 0. The van der Waals surface area contributed by atoms with Crippen LogP contribution in [0.1, 0.15) is 32.4 Å². The van der Waals surface area contributed by atoms with Gasteiger partial charge in [-0.1, -0.05) is 20.3 Å². The largest absolute Gasteiger partial charge is 0.314 e. The Morgan fingerprint density at radius 1 is 1.50 bits per heavy atom. The summed E-state index contributed by atoms with van der Waals surface area (Å²) in [6.07, 6.45) is 5.50. The first-order chi connectivity index (χ1) is 6.76. The fourth-order valence-corrected chi connectivity index (χ4v) is 1.74. The van der Waals surface area contributed by atoms with Crippen molar-refractivity contribution in [3.05, 3.63) is 18.0 Å². The Labute approximate surface area is 86.5 Å². The van der Waals surface area contributed by atoms with Crippen molar-refractivity contribution in [2.24, 2.45) is 7.05 Å². The van der Waals surface area contributed by atoms with Gasteiger partial charge in [0.25, 0.3) is 0 Å². The summed E-state index contributed by atoms with van der Waals surface area (Å²) in [7, 11) is 1.96. The van der Waals surface area contributed by atoms with Crippen molar-refractivity contribution >= 4 is 0 Å². The van der Waals surface area contributed by atoms with Crippen LogP contribution in [0.25, 0.3) is 0 Å². The summed E-state index contributed by atoms with van der Waals surface area (Å²) in [6, 6.07) is 2.68. The molecule has 1 unspecified atom stereocenters. The fourth-order valence-electron chi connectivity index (χ4n) is 1.74. The Bertz CT molecular complexity index is 249. The molecular formula is C11H21N3. The minimum atomic E-state index is 0.583. The van der Waals surface area contributed by atoms with E-state index in [-0.39, 0.29) is 0 Å². The van der Waals surface area contributed by atoms with E-state index in [1.165, 1.54) is 18.5 Å². The number of aryl methyl sites for hydroxylation is 1. The second kappa shape index (κ2) is 5.81. The second-order valence-corrected chi connectivity index (χ2v) is 3.73. The summed E-state index contributed by atoms with van der Waals surface area (Å²) in [5, 5.41) is 7.88. The van der Waals surface area contributed by atoms with Gasteiger partial charge in [-0.05, 0) is 19.0 Å². The highest BCUT2D eigenvalue weighted by Crippen LogP contribution is 2.05. The van der Waals surface area contributed by atoms with E-state index in [0.717, 1.165) is 13.0 Å². The quantitative estimate of drug-likeness (QED) is 0.749. The molecule has 0 saturated carbocycles. The maximum absolute atomic E-state index is 4.39. The molecule has 80 valence electrons. The maximum Gasteiger partial charge on any atom is 0.0639 e. The highest BCUT2D eigenvalue weighted by Gasteiger charge is 2.08. The van der Waals surface area contributed by atoms with Gasteiger partial charge in [-0.2, -0.15) is 5.10 Å². The minimum Gasteiger partial charge on any atom is -0.314 e. The van der Waals surface area contributed by atoms with Crippen molar-refractivity contribution in [3.8, 4) is 0 Å². The Morgan fingerprint density at radius 3 is 2.79 bits per heavy atom. The van der Waals surface area contributed by atoms with Crippen LogP contribution in [0, 0.1) is 0 Å². The van der Waals surface area contributed by atoms with Crippen LogP contribution in [0.5, 0.6) is 0 Å². The first-order valence-corrected chi connectivity index (χ1v) is 5.48. The molecule has 0 aliphatic heterocycles. The lowest BCUT2D eigenvalue weighted by molar-refractivity contribution is 0.479. The Balaban J connectivity index is 2.46. The van der Waals surface area contributed by atoms with E-state index in [2.05, 4.69) is 30.3 Å². The van der Waals surface area contributed by atoms with Crippen molar-refractivity contribution in [2.75, 3.05) is 6.54 Å². The van der Waals surface area contributed by atoms with Crippen molar-refractivity contribution in [1.82, 2.24) is 15.1 Å². The molecule has 0 spiro atoms. The van der Waals surface area contributed by atoms with Gasteiger partial charge in [-0.3, -0.25) is 4.68 Å². The smallest absolute Gasteiger partial charge is 0.0639 e. The molecule has 1 rings (SSSR count). The molecule has 0 amide bonds. The molecule has 1 N–H and O–H groups in total. The van der Waals surface area contributed by atoms with Gasteiger partial charge in [-0.25, -0.2) is 0 Å². The Hall–Kier alpha value is -0.830. The highest BCUT2D eigenvalue weighted by atomic mass is 15.2. The zero-order valence-electron chi connectivity index (χ0n) is 9.45. The average Bonchev–Trinajstić information content (AvgIpc) is 2.52. The van der Waals surface area contributed by atoms with Gasteiger partial charge in [0.2, 0.25) is 0 Å². The van der Waals surface area contributed by atoms with Crippen LogP contribution >= 0.6 is 0 Å². The zero-order valence-corrected chi connectivity index (χ0v) is 9.45. The first-order valence-electron chi connectivity index (χ1n) is 5.48. The van der Waals surface area contributed by atoms with Gasteiger partial charge in [0.15, 0.2) is 0 Å². The molecule has 3 heteroatoms. The van der Waals surface area contributed by atoms with Crippen LogP contribution in [0.15, 0.2) is 12.3 Å². The Morgan fingerprint density at radius 2 is 2.29 bits per heavy atom. The number of likely N-dealkylation sites (N-methyl/N-ethyl adjacent to an activating group) is 1. The summed E-state index contributed by atoms with van der Waals surface area (Å²) >= 11 is 0. The number of nitrogens with one attached hydrogen (secondary N) is 1. The number of hydrogen-bond donors (Lipinski definition) is 1. The monoisotopic (exact) mass is 195 g/mol. The SMILES string of the molecule is CCCC(Cc1ccn(C)n1)NCC. The molecule has 1 atom stereocenters. The number of hydrogen-bond acceptors (Lipinski definition) is 2.